The van der Waals surface area contributed by atoms with E-state index >= 15 is 0 Å². The second-order valence-electron chi connectivity index (χ2n) is 8.93. The molecule has 0 bridgehead atoms. The maximum absolute atomic E-state index is 12.8. The topological polar surface area (TPSA) is 92.8 Å². The quantitative estimate of drug-likeness (QED) is 0.306. The first-order chi connectivity index (χ1) is 17.3. The molecule has 0 radical (unpaired) electrons. The third-order valence-electron chi connectivity index (χ3n) is 6.51. The van der Waals surface area contributed by atoms with Crippen molar-refractivity contribution in [3.8, 4) is 11.8 Å². The van der Waals surface area contributed by atoms with Gasteiger partial charge < -0.3 is 14.6 Å². The van der Waals surface area contributed by atoms with Gasteiger partial charge in [0.15, 0.2) is 17.1 Å². The normalized spacial score (nSPS) is 15.7. The maximum Gasteiger partial charge on any atom is 0.235 e. The fourth-order valence-electron chi connectivity index (χ4n) is 4.49. The van der Waals surface area contributed by atoms with Gasteiger partial charge in [0.2, 0.25) is 5.91 Å². The van der Waals surface area contributed by atoms with E-state index < -0.39 is 0 Å². The number of carbonyl (C=O) groups is 1. The molecule has 0 aliphatic heterocycles. The number of nitrogens with zero attached hydrogens (tertiary/aromatic N) is 4. The summed E-state index contributed by atoms with van der Waals surface area (Å²) in [7, 11) is 0. The number of hydrogen-bond donors (Lipinski definition) is 1. The van der Waals surface area contributed by atoms with Crippen LogP contribution in [0.5, 0.6) is 5.75 Å². The summed E-state index contributed by atoms with van der Waals surface area (Å²) in [6, 6.07) is 7.82. The molecule has 3 aromatic rings. The number of aromatic nitrogens is 3. The van der Waals surface area contributed by atoms with Crippen molar-refractivity contribution in [3.63, 3.8) is 0 Å². The minimum absolute atomic E-state index is 0.157. The van der Waals surface area contributed by atoms with Gasteiger partial charge in [-0.1, -0.05) is 36.7 Å². The van der Waals surface area contributed by atoms with E-state index in [1.54, 1.807) is 17.4 Å². The number of benzene rings is 1. The summed E-state index contributed by atoms with van der Waals surface area (Å²) < 4.78 is 8.09. The number of halogens is 1. The van der Waals surface area contributed by atoms with Crippen LogP contribution in [0.15, 0.2) is 23.4 Å². The molecule has 1 aliphatic rings. The number of amides is 1. The van der Waals surface area contributed by atoms with Crippen LogP contribution in [0.1, 0.15) is 67.1 Å². The van der Waals surface area contributed by atoms with Crippen molar-refractivity contribution in [2.24, 2.45) is 5.92 Å². The summed E-state index contributed by atoms with van der Waals surface area (Å²) in [5.74, 6) is 2.11. The molecule has 0 saturated heterocycles. The molecule has 2 heterocycles. The lowest BCUT2D eigenvalue weighted by molar-refractivity contribution is -0.113. The third kappa shape index (κ3) is 5.72. The van der Waals surface area contributed by atoms with E-state index in [1.165, 1.54) is 16.6 Å². The summed E-state index contributed by atoms with van der Waals surface area (Å²) in [4.78, 5) is 14.0. The minimum atomic E-state index is -0.330. The van der Waals surface area contributed by atoms with E-state index in [2.05, 4.69) is 28.5 Å². The Hall–Kier alpha value is -2.54. The highest BCUT2D eigenvalue weighted by Crippen LogP contribution is 2.40. The fourth-order valence-corrected chi connectivity index (χ4v) is 6.86. The Labute approximate surface area is 225 Å². The molecule has 7 nitrogen and oxygen atoms in total. The summed E-state index contributed by atoms with van der Waals surface area (Å²) >= 11 is 8.93. The van der Waals surface area contributed by atoms with Crippen molar-refractivity contribution in [1.29, 1.82) is 5.26 Å². The van der Waals surface area contributed by atoms with Gasteiger partial charge in [0.25, 0.3) is 0 Å². The largest absolute Gasteiger partial charge is 0.482 e. The minimum Gasteiger partial charge on any atom is -0.482 e. The average Bonchev–Trinajstić information content (AvgIpc) is 3.43. The Morgan fingerprint density at radius 3 is 2.92 bits per heavy atom. The van der Waals surface area contributed by atoms with Crippen molar-refractivity contribution in [2.75, 3.05) is 11.1 Å². The van der Waals surface area contributed by atoms with Crippen molar-refractivity contribution in [2.45, 2.75) is 71.2 Å². The van der Waals surface area contributed by atoms with Crippen molar-refractivity contribution >= 4 is 45.6 Å². The van der Waals surface area contributed by atoms with Crippen LogP contribution in [0.2, 0.25) is 5.02 Å². The lowest BCUT2D eigenvalue weighted by Gasteiger charge is -2.20. The maximum atomic E-state index is 12.8. The Balaban J connectivity index is 1.41. The number of carbonyl (C=O) groups excluding carboxylic acids is 1. The van der Waals surface area contributed by atoms with Crippen molar-refractivity contribution in [1.82, 2.24) is 14.8 Å². The lowest BCUT2D eigenvalue weighted by Crippen LogP contribution is -2.15. The van der Waals surface area contributed by atoms with Gasteiger partial charge in [-0.25, -0.2) is 0 Å². The number of ether oxygens (including phenoxy) is 1. The zero-order valence-corrected chi connectivity index (χ0v) is 23.3. The number of nitrogens with one attached hydrogen (secondary N) is 1. The number of nitriles is 1. The van der Waals surface area contributed by atoms with Crippen LogP contribution < -0.4 is 10.1 Å². The van der Waals surface area contributed by atoms with Gasteiger partial charge in [0.05, 0.1) is 11.3 Å². The number of hydrogen-bond acceptors (Lipinski definition) is 7. The zero-order valence-electron chi connectivity index (χ0n) is 20.9. The fraction of sp³-hybridized carbons (Fsp3) is 0.462. The van der Waals surface area contributed by atoms with Gasteiger partial charge in [-0.05, 0) is 75.3 Å². The van der Waals surface area contributed by atoms with Crippen LogP contribution in [-0.2, 0) is 24.2 Å². The third-order valence-corrected chi connectivity index (χ3v) is 8.88. The first-order valence-corrected chi connectivity index (χ1v) is 14.4. The van der Waals surface area contributed by atoms with E-state index in [-0.39, 0.29) is 17.8 Å². The van der Waals surface area contributed by atoms with E-state index in [9.17, 15) is 10.1 Å². The predicted octanol–water partition coefficient (Wildman–Crippen LogP) is 6.58. The number of fused-ring (bicyclic) bond motifs is 1. The predicted molar refractivity (Wildman–Crippen MR) is 145 cm³/mol. The van der Waals surface area contributed by atoms with Gasteiger partial charge in [-0.15, -0.1) is 21.5 Å². The first kappa shape index (κ1) is 26.5. The summed E-state index contributed by atoms with van der Waals surface area (Å²) in [6.07, 6.45) is 3.82. The van der Waals surface area contributed by atoms with Crippen LogP contribution in [-0.4, -0.2) is 26.4 Å². The zero-order chi connectivity index (χ0) is 25.8. The second kappa shape index (κ2) is 11.7. The molecule has 2 aromatic heterocycles. The number of rotatable bonds is 9. The highest BCUT2D eigenvalue weighted by atomic mass is 35.5. The van der Waals surface area contributed by atoms with Crippen LogP contribution in [0.4, 0.5) is 5.00 Å². The van der Waals surface area contributed by atoms with Crippen molar-refractivity contribution < 1.29 is 9.53 Å². The van der Waals surface area contributed by atoms with Crippen LogP contribution in [0.3, 0.4) is 0 Å². The summed E-state index contributed by atoms with van der Waals surface area (Å²) in [5, 5.41) is 23.4. The Morgan fingerprint density at radius 1 is 1.42 bits per heavy atom. The molecule has 0 saturated carbocycles. The molecule has 1 aromatic carbocycles. The van der Waals surface area contributed by atoms with E-state index in [0.717, 1.165) is 42.6 Å². The molecular formula is C26H30ClN5O2S2. The van der Waals surface area contributed by atoms with Crippen LogP contribution in [0.25, 0.3) is 0 Å². The first-order valence-electron chi connectivity index (χ1n) is 12.2. The van der Waals surface area contributed by atoms with Gasteiger partial charge >= 0.3 is 0 Å². The monoisotopic (exact) mass is 543 g/mol. The summed E-state index contributed by atoms with van der Waals surface area (Å²) in [5.41, 5.74) is 2.70. The Bertz CT molecular complexity index is 1300. The highest BCUT2D eigenvalue weighted by Gasteiger charge is 2.26. The smallest absolute Gasteiger partial charge is 0.235 e. The van der Waals surface area contributed by atoms with Crippen LogP contribution >= 0.6 is 34.7 Å². The second-order valence-corrected chi connectivity index (χ2v) is 11.4. The molecule has 1 N–H and O–H groups in total. The van der Waals surface area contributed by atoms with E-state index in [4.69, 9.17) is 16.3 Å². The SMILES string of the molecule is CCC1CCc2c(sc(NC(=O)CSc3nnc(C(C)Oc4ccc(Cl)cc4C)n3CC)c2C#N)C1. The number of thiophene rings is 1. The van der Waals surface area contributed by atoms with E-state index in [1.807, 2.05) is 37.5 Å². The number of aryl methyl sites for hydroxylation is 1. The molecule has 10 heteroatoms. The van der Waals surface area contributed by atoms with E-state index in [0.29, 0.717) is 39.0 Å². The number of thioether (sulfide) groups is 1. The Morgan fingerprint density at radius 2 is 2.22 bits per heavy atom. The molecule has 36 heavy (non-hydrogen) atoms. The molecule has 190 valence electrons. The lowest BCUT2D eigenvalue weighted by atomic mass is 9.86. The summed E-state index contributed by atoms with van der Waals surface area (Å²) in [6.45, 7) is 8.74. The van der Waals surface area contributed by atoms with Crippen molar-refractivity contribution in [3.05, 3.63) is 50.6 Å². The average molecular weight is 544 g/mol. The Kier molecular flexibility index (Phi) is 8.60. The molecule has 4 rings (SSSR count). The van der Waals surface area contributed by atoms with Gasteiger partial charge in [-0.2, -0.15) is 5.26 Å². The molecule has 0 spiro atoms. The molecule has 1 aliphatic carbocycles. The van der Waals surface area contributed by atoms with Gasteiger partial charge in [-0.3, -0.25) is 4.79 Å². The molecule has 1 amide bonds. The van der Waals surface area contributed by atoms with Gasteiger partial charge in [0, 0.05) is 16.4 Å². The number of anilines is 1. The van der Waals surface area contributed by atoms with Crippen LogP contribution in [0, 0.1) is 24.2 Å². The highest BCUT2D eigenvalue weighted by molar-refractivity contribution is 7.99. The molecular weight excluding hydrogens is 514 g/mol. The standard InChI is InChI=1S/C26H30ClN5O2S2/c1-5-17-7-9-19-20(13-28)25(36-22(19)12-17)29-23(33)14-35-26-31-30-24(32(26)6-2)16(4)34-21-10-8-18(27)11-15(21)3/h8,10-11,16-17H,5-7,9,12,14H2,1-4H3,(H,29,33). The van der Waals surface area contributed by atoms with Gasteiger partial charge in [0.1, 0.15) is 16.8 Å². The molecule has 2 unspecified atom stereocenters. The molecule has 0 fully saturated rings. The molecule has 2 atom stereocenters.